The lowest BCUT2D eigenvalue weighted by Gasteiger charge is -2.29. The van der Waals surface area contributed by atoms with Gasteiger partial charge in [0.25, 0.3) is 0 Å². The van der Waals surface area contributed by atoms with Crippen LogP contribution < -0.4 is 10.6 Å². The Labute approximate surface area is 229 Å². The third-order valence-electron chi connectivity index (χ3n) is 6.76. The fraction of sp³-hybridized carbons (Fsp3) is 0.333. The number of carboxylic acid groups (broad SMARTS) is 1. The average molecular weight is 552 g/mol. The number of carboxylic acids is 1. The van der Waals surface area contributed by atoms with Crippen molar-refractivity contribution in [3.63, 3.8) is 0 Å². The maximum atomic E-state index is 13.3. The van der Waals surface area contributed by atoms with Gasteiger partial charge in [-0.1, -0.05) is 50.2 Å². The minimum atomic E-state index is -3.76. The summed E-state index contributed by atoms with van der Waals surface area (Å²) < 4.78 is 39.5. The zero-order chi connectivity index (χ0) is 28.0. The average Bonchev–Trinajstić information content (AvgIpc) is 2.89. The fourth-order valence-corrected chi connectivity index (χ4v) is 6.07. The fourth-order valence-electron chi connectivity index (χ4n) is 4.48. The second-order valence-corrected chi connectivity index (χ2v) is 12.8. The van der Waals surface area contributed by atoms with Crippen LogP contribution in [0.1, 0.15) is 42.9 Å². The molecule has 0 spiro atoms. The summed E-state index contributed by atoms with van der Waals surface area (Å²) in [6, 6.07) is 20.1. The number of hydrogen-bond donors (Lipinski definition) is 3. The molecule has 1 atom stereocenters. The highest BCUT2D eigenvalue weighted by Crippen LogP contribution is 2.26. The molecular weight excluding hydrogens is 517 g/mol. The molecular formula is C30H34FN3O4S. The lowest BCUT2D eigenvalue weighted by atomic mass is 9.93. The molecule has 7 nitrogen and oxygen atoms in total. The topological polar surface area (TPSA) is 108 Å². The molecule has 39 heavy (non-hydrogen) atoms. The second kappa shape index (κ2) is 12.0. The quantitative estimate of drug-likeness (QED) is 0.326. The highest BCUT2D eigenvalue weighted by atomic mass is 32.2. The van der Waals surface area contributed by atoms with Crippen LogP contribution >= 0.6 is 0 Å². The Kier molecular flexibility index (Phi) is 8.70. The molecule has 3 aromatic rings. The molecule has 9 heteroatoms. The lowest BCUT2D eigenvalue weighted by Crippen LogP contribution is -2.44. The summed E-state index contributed by atoms with van der Waals surface area (Å²) in [6.45, 7) is 5.97. The molecule has 1 heterocycles. The van der Waals surface area contributed by atoms with E-state index in [1.54, 1.807) is 24.3 Å². The molecule has 1 aliphatic rings. The van der Waals surface area contributed by atoms with Crippen LogP contribution in [0.3, 0.4) is 0 Å². The highest BCUT2D eigenvalue weighted by Gasteiger charge is 2.25. The number of rotatable bonds is 10. The van der Waals surface area contributed by atoms with Crippen molar-refractivity contribution in [2.75, 3.05) is 24.2 Å². The highest BCUT2D eigenvalue weighted by molar-refractivity contribution is 7.91. The number of guanidine groups is 1. The largest absolute Gasteiger partial charge is 0.481 e. The smallest absolute Gasteiger partial charge is 0.303 e. The van der Waals surface area contributed by atoms with Crippen LogP contribution in [0.2, 0.25) is 0 Å². The zero-order valence-corrected chi connectivity index (χ0v) is 23.0. The van der Waals surface area contributed by atoms with E-state index in [1.165, 1.54) is 24.3 Å². The minimum absolute atomic E-state index is 0.138. The first-order chi connectivity index (χ1) is 18.5. The number of sulfone groups is 1. The monoisotopic (exact) mass is 551 g/mol. The Morgan fingerprint density at radius 2 is 1.74 bits per heavy atom. The normalized spacial score (nSPS) is 15.6. The SMILES string of the molecule is CC1(C)CN=C(Nc2cccc(CCc3ccc(S(=O)(=O)CC(CC(=O)O)c4ccc(F)cc4)cc3)c2)NC1. The maximum Gasteiger partial charge on any atom is 0.303 e. The zero-order valence-electron chi connectivity index (χ0n) is 22.2. The van der Waals surface area contributed by atoms with Crippen LogP contribution in [0.15, 0.2) is 82.7 Å². The van der Waals surface area contributed by atoms with Crippen molar-refractivity contribution in [3.05, 3.63) is 95.3 Å². The summed E-state index contributed by atoms with van der Waals surface area (Å²) in [5.74, 6) is -1.96. The van der Waals surface area contributed by atoms with Crippen molar-refractivity contribution in [2.24, 2.45) is 10.4 Å². The summed E-state index contributed by atoms with van der Waals surface area (Å²) in [4.78, 5) is 16.1. The molecule has 0 radical (unpaired) electrons. The molecule has 0 bridgehead atoms. The van der Waals surface area contributed by atoms with Crippen molar-refractivity contribution >= 4 is 27.5 Å². The molecule has 0 aliphatic carbocycles. The van der Waals surface area contributed by atoms with E-state index in [-0.39, 0.29) is 22.5 Å². The first-order valence-corrected chi connectivity index (χ1v) is 14.6. The first kappa shape index (κ1) is 28.3. The van der Waals surface area contributed by atoms with Gasteiger partial charge >= 0.3 is 5.97 Å². The van der Waals surface area contributed by atoms with Gasteiger partial charge < -0.3 is 15.7 Å². The number of benzene rings is 3. The molecule has 1 aliphatic heterocycles. The maximum absolute atomic E-state index is 13.3. The van der Waals surface area contributed by atoms with Crippen LogP contribution in [-0.4, -0.2) is 44.3 Å². The molecule has 3 N–H and O–H groups in total. The standard InChI is InChI=1S/C30H34FN3O4S/c1-30(2)19-32-29(33-20-30)34-26-5-3-4-22(16-26)7-6-21-8-14-27(15-9-21)39(37,38)18-24(17-28(35)36)23-10-12-25(31)13-11-23/h3-5,8-16,24H,6-7,17-20H2,1-2H3,(H,35,36)(H2,32,33,34). The molecule has 4 rings (SSSR count). The summed E-state index contributed by atoms with van der Waals surface area (Å²) in [5, 5.41) is 16.0. The number of halogens is 1. The van der Waals surface area contributed by atoms with E-state index in [0.717, 1.165) is 48.7 Å². The Morgan fingerprint density at radius 3 is 2.38 bits per heavy atom. The van der Waals surface area contributed by atoms with E-state index in [1.807, 2.05) is 12.1 Å². The van der Waals surface area contributed by atoms with Gasteiger partial charge in [0.2, 0.25) is 0 Å². The van der Waals surface area contributed by atoms with Gasteiger partial charge in [-0.3, -0.25) is 9.79 Å². The molecule has 206 valence electrons. The number of aliphatic carboxylic acids is 1. The van der Waals surface area contributed by atoms with Crippen LogP contribution in [0.25, 0.3) is 0 Å². The number of aryl methyl sites for hydroxylation is 2. The van der Waals surface area contributed by atoms with E-state index < -0.39 is 27.5 Å². The van der Waals surface area contributed by atoms with E-state index in [0.29, 0.717) is 5.56 Å². The Morgan fingerprint density at radius 1 is 1.05 bits per heavy atom. The van der Waals surface area contributed by atoms with Gasteiger partial charge in [0.15, 0.2) is 15.8 Å². The summed E-state index contributed by atoms with van der Waals surface area (Å²) >= 11 is 0. The van der Waals surface area contributed by atoms with Crippen LogP contribution in [0, 0.1) is 11.2 Å². The minimum Gasteiger partial charge on any atom is -0.481 e. The Balaban J connectivity index is 1.38. The number of anilines is 1. The Bertz CT molecular complexity index is 1440. The van der Waals surface area contributed by atoms with Gasteiger partial charge in [0.05, 0.1) is 17.1 Å². The van der Waals surface area contributed by atoms with Gasteiger partial charge in [-0.05, 0) is 65.9 Å². The molecule has 0 saturated heterocycles. The van der Waals surface area contributed by atoms with Gasteiger partial charge in [-0.15, -0.1) is 0 Å². The number of nitrogens with zero attached hydrogens (tertiary/aromatic N) is 1. The van der Waals surface area contributed by atoms with Crippen LogP contribution in [0.4, 0.5) is 10.1 Å². The van der Waals surface area contributed by atoms with Crippen molar-refractivity contribution < 1.29 is 22.7 Å². The first-order valence-electron chi connectivity index (χ1n) is 12.9. The van der Waals surface area contributed by atoms with E-state index in [9.17, 15) is 22.7 Å². The van der Waals surface area contributed by atoms with Gasteiger partial charge in [0, 0.05) is 30.1 Å². The molecule has 0 amide bonds. The summed E-state index contributed by atoms with van der Waals surface area (Å²) in [7, 11) is -3.76. The van der Waals surface area contributed by atoms with E-state index in [4.69, 9.17) is 0 Å². The number of aliphatic imine (C=N–C) groups is 1. The summed E-state index contributed by atoms with van der Waals surface area (Å²) in [6.07, 6.45) is 1.15. The van der Waals surface area contributed by atoms with Gasteiger partial charge in [-0.2, -0.15) is 0 Å². The van der Waals surface area contributed by atoms with Crippen molar-refractivity contribution in [1.82, 2.24) is 5.32 Å². The summed E-state index contributed by atoms with van der Waals surface area (Å²) in [5.41, 5.74) is 3.71. The molecule has 3 aromatic carbocycles. The van der Waals surface area contributed by atoms with Gasteiger partial charge in [0.1, 0.15) is 5.82 Å². The molecule has 0 fully saturated rings. The van der Waals surface area contributed by atoms with Crippen molar-refractivity contribution in [2.45, 2.75) is 43.9 Å². The molecule has 0 aromatic heterocycles. The number of nitrogens with one attached hydrogen (secondary N) is 2. The third kappa shape index (κ3) is 8.13. The lowest BCUT2D eigenvalue weighted by molar-refractivity contribution is -0.137. The predicted molar refractivity (Wildman–Crippen MR) is 151 cm³/mol. The van der Waals surface area contributed by atoms with Gasteiger partial charge in [-0.25, -0.2) is 12.8 Å². The predicted octanol–water partition coefficient (Wildman–Crippen LogP) is 5.04. The van der Waals surface area contributed by atoms with E-state index >= 15 is 0 Å². The molecule has 1 unspecified atom stereocenters. The Hall–Kier alpha value is -3.72. The van der Waals surface area contributed by atoms with Crippen molar-refractivity contribution in [3.8, 4) is 0 Å². The van der Waals surface area contributed by atoms with E-state index in [2.05, 4.69) is 41.6 Å². The third-order valence-corrected chi connectivity index (χ3v) is 8.59. The number of carbonyl (C=O) groups is 1. The van der Waals surface area contributed by atoms with Crippen molar-refractivity contribution in [1.29, 1.82) is 0 Å². The van der Waals surface area contributed by atoms with Crippen LogP contribution in [-0.2, 0) is 27.5 Å². The second-order valence-electron chi connectivity index (χ2n) is 10.8. The number of hydrogen-bond acceptors (Lipinski definition) is 6. The molecule has 0 saturated carbocycles. The van der Waals surface area contributed by atoms with Crippen LogP contribution in [0.5, 0.6) is 0 Å².